The molecule has 0 radical (unpaired) electrons. The Morgan fingerprint density at radius 1 is 1.60 bits per heavy atom. The third-order valence-electron chi connectivity index (χ3n) is 1.12. The van der Waals surface area contributed by atoms with E-state index in [1.54, 1.807) is 0 Å². The molecule has 0 aliphatic carbocycles. The van der Waals surface area contributed by atoms with Crippen molar-refractivity contribution >= 4 is 27.5 Å². The smallest absolute Gasteiger partial charge is 0.154 e. The molecule has 10 heavy (non-hydrogen) atoms. The number of hydrogen-bond donors (Lipinski definition) is 0. The first kappa shape index (κ1) is 7.95. The van der Waals surface area contributed by atoms with Crippen LogP contribution < -0.4 is 0 Å². The van der Waals surface area contributed by atoms with Crippen molar-refractivity contribution in [3.63, 3.8) is 0 Å². The van der Waals surface area contributed by atoms with Gasteiger partial charge in [0.15, 0.2) is 5.15 Å². The zero-order valence-electron chi connectivity index (χ0n) is 5.43. The first-order valence-corrected chi connectivity index (χ1v) is 4.08. The Labute approximate surface area is 72.7 Å². The monoisotopic (exact) mass is 220 g/mol. The van der Waals surface area contributed by atoms with E-state index < -0.39 is 0 Å². The van der Waals surface area contributed by atoms with Crippen LogP contribution in [0.5, 0.6) is 0 Å². The van der Waals surface area contributed by atoms with Gasteiger partial charge in [0.25, 0.3) is 0 Å². The Bertz CT molecular complexity index is 239. The van der Waals surface area contributed by atoms with E-state index in [1.807, 2.05) is 13.0 Å². The first-order chi connectivity index (χ1) is 4.74. The van der Waals surface area contributed by atoms with E-state index in [2.05, 4.69) is 26.1 Å². The molecule has 0 saturated carbocycles. The Kier molecular flexibility index (Phi) is 2.63. The molecule has 1 aromatic heterocycles. The highest BCUT2D eigenvalue weighted by atomic mass is 79.9. The van der Waals surface area contributed by atoms with Crippen LogP contribution >= 0.6 is 27.5 Å². The van der Waals surface area contributed by atoms with Crippen molar-refractivity contribution in [1.29, 1.82) is 0 Å². The third-order valence-corrected chi connectivity index (χ3v) is 2.23. The van der Waals surface area contributed by atoms with E-state index in [0.717, 1.165) is 16.6 Å². The summed E-state index contributed by atoms with van der Waals surface area (Å²) in [4.78, 5) is 0. The summed E-state index contributed by atoms with van der Waals surface area (Å²) in [6.45, 7) is 2.02. The van der Waals surface area contributed by atoms with Gasteiger partial charge in [0.05, 0.1) is 10.2 Å². The maximum Gasteiger partial charge on any atom is 0.165 e. The molecule has 2 nitrogen and oxygen atoms in total. The number of rotatable bonds is 1. The van der Waals surface area contributed by atoms with Crippen LogP contribution in [0, 0.1) is 0 Å². The summed E-state index contributed by atoms with van der Waals surface area (Å²) >= 11 is 8.87. The fourth-order valence-corrected chi connectivity index (χ4v) is 0.999. The maximum absolute atomic E-state index is 5.62. The zero-order valence-corrected chi connectivity index (χ0v) is 7.78. The van der Waals surface area contributed by atoms with Crippen molar-refractivity contribution < 1.29 is 0 Å². The molecule has 54 valence electrons. The minimum absolute atomic E-state index is 0.414. The molecule has 0 aromatic carbocycles. The van der Waals surface area contributed by atoms with Gasteiger partial charge in [-0.3, -0.25) is 0 Å². The van der Waals surface area contributed by atoms with Gasteiger partial charge >= 0.3 is 0 Å². The van der Waals surface area contributed by atoms with E-state index in [4.69, 9.17) is 11.6 Å². The number of aryl methyl sites for hydroxylation is 1. The predicted molar refractivity (Wildman–Crippen MR) is 44.1 cm³/mol. The fourth-order valence-electron chi connectivity index (χ4n) is 0.563. The van der Waals surface area contributed by atoms with Gasteiger partial charge in [0.1, 0.15) is 0 Å². The second-order valence-corrected chi connectivity index (χ2v) is 3.04. The molecule has 0 fully saturated rings. The molecule has 1 rings (SSSR count). The Morgan fingerprint density at radius 2 is 2.30 bits per heavy atom. The fraction of sp³-hybridized carbons (Fsp3) is 0.333. The van der Waals surface area contributed by atoms with Crippen LogP contribution in [0.25, 0.3) is 0 Å². The minimum atomic E-state index is 0.414. The second kappa shape index (κ2) is 3.30. The van der Waals surface area contributed by atoms with Gasteiger partial charge in [-0.2, -0.15) is 5.10 Å². The normalized spacial score (nSPS) is 9.90. The van der Waals surface area contributed by atoms with Gasteiger partial charge in [-0.15, -0.1) is 5.10 Å². The molecule has 0 spiro atoms. The molecular formula is C6H6BrClN2. The number of hydrogen-bond acceptors (Lipinski definition) is 2. The molecular weight excluding hydrogens is 215 g/mol. The van der Waals surface area contributed by atoms with Gasteiger partial charge in [0, 0.05) is 0 Å². The van der Waals surface area contributed by atoms with E-state index in [1.165, 1.54) is 0 Å². The topological polar surface area (TPSA) is 25.8 Å². The lowest BCUT2D eigenvalue weighted by Gasteiger charge is -1.95. The van der Waals surface area contributed by atoms with Crippen molar-refractivity contribution in [2.45, 2.75) is 13.3 Å². The van der Waals surface area contributed by atoms with Crippen molar-refractivity contribution in [2.75, 3.05) is 0 Å². The lowest BCUT2D eigenvalue weighted by molar-refractivity contribution is 0.914. The highest BCUT2D eigenvalue weighted by Crippen LogP contribution is 2.18. The van der Waals surface area contributed by atoms with Gasteiger partial charge in [-0.25, -0.2) is 0 Å². The van der Waals surface area contributed by atoms with Crippen LogP contribution in [0.4, 0.5) is 0 Å². The van der Waals surface area contributed by atoms with E-state index >= 15 is 0 Å². The quantitative estimate of drug-likeness (QED) is 0.728. The molecule has 0 saturated heterocycles. The van der Waals surface area contributed by atoms with Crippen LogP contribution in [0.15, 0.2) is 10.5 Å². The second-order valence-electron chi connectivity index (χ2n) is 1.83. The minimum Gasteiger partial charge on any atom is -0.154 e. The molecule has 0 N–H and O–H groups in total. The summed E-state index contributed by atoms with van der Waals surface area (Å²) in [7, 11) is 0. The van der Waals surface area contributed by atoms with E-state index in [0.29, 0.717) is 5.15 Å². The van der Waals surface area contributed by atoms with Crippen LogP contribution in [-0.4, -0.2) is 10.2 Å². The molecule has 0 bridgehead atoms. The lowest BCUT2D eigenvalue weighted by atomic mass is 10.3. The molecule has 0 amide bonds. The van der Waals surface area contributed by atoms with Gasteiger partial charge in [0.2, 0.25) is 0 Å². The summed E-state index contributed by atoms with van der Waals surface area (Å²) in [5, 5.41) is 7.98. The van der Waals surface area contributed by atoms with Crippen molar-refractivity contribution in [1.82, 2.24) is 10.2 Å². The molecule has 4 heteroatoms. The standard InChI is InChI=1S/C6H6BrClN2/c1-2-4-3-5(7)6(8)10-9-4/h3H,2H2,1H3. The van der Waals surface area contributed by atoms with Gasteiger partial charge in [-0.1, -0.05) is 18.5 Å². The highest BCUT2D eigenvalue weighted by molar-refractivity contribution is 9.10. The van der Waals surface area contributed by atoms with E-state index in [9.17, 15) is 0 Å². The van der Waals surface area contributed by atoms with Crippen LogP contribution in [-0.2, 0) is 6.42 Å². The summed E-state index contributed by atoms with van der Waals surface area (Å²) in [5.41, 5.74) is 0.941. The molecule has 0 aliphatic rings. The first-order valence-electron chi connectivity index (χ1n) is 2.91. The summed E-state index contributed by atoms with van der Waals surface area (Å²) in [6.07, 6.45) is 0.878. The molecule has 0 unspecified atom stereocenters. The Morgan fingerprint density at radius 3 is 2.80 bits per heavy atom. The predicted octanol–water partition coefficient (Wildman–Crippen LogP) is 2.45. The SMILES string of the molecule is CCc1cc(Br)c(Cl)nn1. The summed E-state index contributed by atoms with van der Waals surface area (Å²) in [5.74, 6) is 0. The average Bonchev–Trinajstić information content (AvgIpc) is 1.95. The Hall–Kier alpha value is -0.150. The van der Waals surface area contributed by atoms with Crippen molar-refractivity contribution in [3.8, 4) is 0 Å². The van der Waals surface area contributed by atoms with Gasteiger partial charge in [-0.05, 0) is 28.4 Å². The maximum atomic E-state index is 5.62. The lowest BCUT2D eigenvalue weighted by Crippen LogP contribution is -1.90. The van der Waals surface area contributed by atoms with E-state index in [-0.39, 0.29) is 0 Å². The van der Waals surface area contributed by atoms with Crippen LogP contribution in [0.2, 0.25) is 5.15 Å². The molecule has 1 heterocycles. The number of aromatic nitrogens is 2. The number of nitrogens with zero attached hydrogens (tertiary/aromatic N) is 2. The number of halogens is 2. The van der Waals surface area contributed by atoms with Gasteiger partial charge < -0.3 is 0 Å². The molecule has 1 aromatic rings. The largest absolute Gasteiger partial charge is 0.165 e. The zero-order chi connectivity index (χ0) is 7.56. The Balaban J connectivity index is 3.04. The van der Waals surface area contributed by atoms with Crippen LogP contribution in [0.1, 0.15) is 12.6 Å². The summed E-state index contributed by atoms with van der Waals surface area (Å²) < 4.78 is 0.806. The molecule has 0 atom stereocenters. The van der Waals surface area contributed by atoms with Crippen molar-refractivity contribution in [3.05, 3.63) is 21.4 Å². The van der Waals surface area contributed by atoms with Crippen molar-refractivity contribution in [2.24, 2.45) is 0 Å². The van der Waals surface area contributed by atoms with Crippen LogP contribution in [0.3, 0.4) is 0 Å². The summed E-state index contributed by atoms with van der Waals surface area (Å²) in [6, 6.07) is 1.87. The average molecular weight is 221 g/mol. The molecule has 0 aliphatic heterocycles. The highest BCUT2D eigenvalue weighted by Gasteiger charge is 1.98. The third kappa shape index (κ3) is 1.67.